The summed E-state index contributed by atoms with van der Waals surface area (Å²) >= 11 is 6.20. The predicted octanol–water partition coefficient (Wildman–Crippen LogP) is 2.51. The molecule has 1 fully saturated rings. The monoisotopic (exact) mass is 349 g/mol. The summed E-state index contributed by atoms with van der Waals surface area (Å²) in [5, 5.41) is 7.46. The van der Waals surface area contributed by atoms with Crippen molar-refractivity contribution in [2.75, 3.05) is 25.1 Å². The fraction of sp³-hybridized carbons (Fsp3) is 0.412. The zero-order chi connectivity index (χ0) is 17.0. The van der Waals surface area contributed by atoms with Crippen molar-refractivity contribution in [1.29, 1.82) is 0 Å². The van der Waals surface area contributed by atoms with Gasteiger partial charge in [0.05, 0.1) is 31.6 Å². The first-order valence-corrected chi connectivity index (χ1v) is 8.26. The summed E-state index contributed by atoms with van der Waals surface area (Å²) in [5.74, 6) is -0.574. The third-order valence-electron chi connectivity index (χ3n) is 3.95. The van der Waals surface area contributed by atoms with Gasteiger partial charge in [-0.1, -0.05) is 41.9 Å². The Morgan fingerprint density at radius 3 is 2.71 bits per heavy atom. The number of nitrogens with one attached hydrogen (secondary N) is 1. The minimum absolute atomic E-state index is 0.138. The fourth-order valence-electron chi connectivity index (χ4n) is 2.58. The van der Waals surface area contributed by atoms with Crippen LogP contribution in [0.4, 0.5) is 5.69 Å². The number of aromatic nitrogens is 2. The molecule has 1 aliphatic heterocycles. The van der Waals surface area contributed by atoms with Crippen LogP contribution >= 0.6 is 11.6 Å². The van der Waals surface area contributed by atoms with E-state index >= 15 is 0 Å². The van der Waals surface area contributed by atoms with Crippen molar-refractivity contribution in [1.82, 2.24) is 9.78 Å². The smallest absolute Gasteiger partial charge is 0.287 e. The fourth-order valence-corrected chi connectivity index (χ4v) is 2.80. The number of rotatable bonds is 6. The Morgan fingerprint density at radius 2 is 2.00 bits per heavy atom. The lowest BCUT2D eigenvalue weighted by Gasteiger charge is -2.22. The molecule has 2 aromatic rings. The molecule has 1 aromatic heterocycles. The zero-order valence-electron chi connectivity index (χ0n) is 13.5. The van der Waals surface area contributed by atoms with Gasteiger partial charge in [0, 0.05) is 13.0 Å². The molecule has 0 atom stereocenters. The van der Waals surface area contributed by atoms with Crippen molar-refractivity contribution in [3.8, 4) is 0 Å². The van der Waals surface area contributed by atoms with Gasteiger partial charge < -0.3 is 14.8 Å². The second-order valence-electron chi connectivity index (χ2n) is 5.83. The van der Waals surface area contributed by atoms with Gasteiger partial charge in [0.2, 0.25) is 0 Å². The highest BCUT2D eigenvalue weighted by Gasteiger charge is 2.30. The number of halogens is 1. The normalized spacial score (nSPS) is 16.2. The maximum Gasteiger partial charge on any atom is 0.287 e. The van der Waals surface area contributed by atoms with E-state index in [1.54, 1.807) is 6.20 Å². The van der Waals surface area contributed by atoms with E-state index in [-0.39, 0.29) is 10.6 Å². The van der Waals surface area contributed by atoms with Crippen LogP contribution in [0.5, 0.6) is 0 Å². The Morgan fingerprint density at radius 1 is 1.29 bits per heavy atom. The Balaban J connectivity index is 1.65. The van der Waals surface area contributed by atoms with E-state index in [0.717, 1.165) is 5.56 Å². The quantitative estimate of drug-likeness (QED) is 0.868. The Kier molecular flexibility index (Phi) is 5.18. The average molecular weight is 350 g/mol. The Hall–Kier alpha value is -1.89. The molecule has 0 unspecified atom stereocenters. The molecule has 1 aromatic carbocycles. The summed E-state index contributed by atoms with van der Waals surface area (Å²) in [6.45, 7) is 4.07. The molecule has 3 rings (SSSR count). The summed E-state index contributed by atoms with van der Waals surface area (Å²) in [4.78, 5) is 12.4. The molecule has 0 aliphatic carbocycles. The number of hydrogen-bond donors (Lipinski definition) is 1. The first kappa shape index (κ1) is 17.0. The second-order valence-corrected chi connectivity index (χ2v) is 6.21. The molecule has 0 amide bonds. The number of ether oxygens (including phenoxy) is 2. The van der Waals surface area contributed by atoms with Gasteiger partial charge in [-0.05, 0) is 12.5 Å². The second kappa shape index (κ2) is 7.34. The lowest BCUT2D eigenvalue weighted by atomic mass is 10.2. The van der Waals surface area contributed by atoms with Gasteiger partial charge in [0.25, 0.3) is 5.56 Å². The third kappa shape index (κ3) is 3.95. The molecule has 1 aliphatic rings. The maximum absolute atomic E-state index is 12.4. The van der Waals surface area contributed by atoms with E-state index in [4.69, 9.17) is 21.1 Å². The highest BCUT2D eigenvalue weighted by molar-refractivity contribution is 6.32. The standard InChI is InChI=1S/C17H20ClN3O3/c1-17(23-9-10-24-17)7-8-19-14-11-20-21(16(22)15(14)18)12-13-5-3-2-4-6-13/h2-6,11,19H,7-10,12H2,1H3. The Labute approximate surface area is 145 Å². The molecular weight excluding hydrogens is 330 g/mol. The molecule has 0 saturated carbocycles. The van der Waals surface area contributed by atoms with Crippen LogP contribution < -0.4 is 10.9 Å². The first-order valence-electron chi connectivity index (χ1n) is 7.89. The van der Waals surface area contributed by atoms with Crippen molar-refractivity contribution in [3.05, 3.63) is 57.5 Å². The molecule has 0 radical (unpaired) electrons. The summed E-state index contributed by atoms with van der Waals surface area (Å²) in [7, 11) is 0. The average Bonchev–Trinajstić information content (AvgIpc) is 3.02. The molecule has 7 heteroatoms. The van der Waals surface area contributed by atoms with Crippen molar-refractivity contribution < 1.29 is 9.47 Å². The Bertz CT molecular complexity index is 742. The molecule has 6 nitrogen and oxygen atoms in total. The summed E-state index contributed by atoms with van der Waals surface area (Å²) in [6.07, 6.45) is 2.22. The van der Waals surface area contributed by atoms with Crippen LogP contribution in [0, 0.1) is 0 Å². The van der Waals surface area contributed by atoms with Gasteiger partial charge in [-0.2, -0.15) is 5.10 Å². The van der Waals surface area contributed by atoms with Gasteiger partial charge in [-0.15, -0.1) is 0 Å². The van der Waals surface area contributed by atoms with E-state index in [1.807, 2.05) is 37.3 Å². The van der Waals surface area contributed by atoms with Crippen molar-refractivity contribution in [2.45, 2.75) is 25.7 Å². The van der Waals surface area contributed by atoms with E-state index < -0.39 is 5.79 Å². The summed E-state index contributed by atoms with van der Waals surface area (Å²) in [5.41, 5.74) is 1.20. The molecule has 2 heterocycles. The first-order chi connectivity index (χ1) is 11.6. The van der Waals surface area contributed by atoms with E-state index in [9.17, 15) is 4.79 Å². The number of hydrogen-bond acceptors (Lipinski definition) is 5. The lowest BCUT2D eigenvalue weighted by Crippen LogP contribution is -2.29. The van der Waals surface area contributed by atoms with Gasteiger partial charge in [0.1, 0.15) is 5.02 Å². The minimum atomic E-state index is -0.574. The summed E-state index contributed by atoms with van der Waals surface area (Å²) < 4.78 is 12.4. The van der Waals surface area contributed by atoms with Crippen LogP contribution in [0.15, 0.2) is 41.3 Å². The number of nitrogens with zero attached hydrogens (tertiary/aromatic N) is 2. The highest BCUT2D eigenvalue weighted by atomic mass is 35.5. The van der Waals surface area contributed by atoms with Gasteiger partial charge in [0.15, 0.2) is 5.79 Å². The number of benzene rings is 1. The van der Waals surface area contributed by atoms with Crippen molar-refractivity contribution >= 4 is 17.3 Å². The van der Waals surface area contributed by atoms with E-state index in [1.165, 1.54) is 4.68 Å². The SMILES string of the molecule is CC1(CCNc2cnn(Cc3ccccc3)c(=O)c2Cl)OCCO1. The third-order valence-corrected chi connectivity index (χ3v) is 4.32. The van der Waals surface area contributed by atoms with Crippen LogP contribution in [-0.4, -0.2) is 35.3 Å². The van der Waals surface area contributed by atoms with Gasteiger partial charge in [-0.3, -0.25) is 4.79 Å². The van der Waals surface area contributed by atoms with Crippen LogP contribution in [0.3, 0.4) is 0 Å². The topological polar surface area (TPSA) is 65.4 Å². The van der Waals surface area contributed by atoms with Crippen molar-refractivity contribution in [3.63, 3.8) is 0 Å². The minimum Gasteiger partial charge on any atom is -0.382 e. The molecule has 0 bridgehead atoms. The van der Waals surface area contributed by atoms with Crippen LogP contribution in [0.2, 0.25) is 5.02 Å². The largest absolute Gasteiger partial charge is 0.382 e. The lowest BCUT2D eigenvalue weighted by molar-refractivity contribution is -0.144. The molecular formula is C17H20ClN3O3. The maximum atomic E-state index is 12.4. The van der Waals surface area contributed by atoms with Crippen molar-refractivity contribution in [2.24, 2.45) is 0 Å². The molecule has 128 valence electrons. The molecule has 1 saturated heterocycles. The zero-order valence-corrected chi connectivity index (χ0v) is 14.3. The van der Waals surface area contributed by atoms with E-state index in [0.29, 0.717) is 38.4 Å². The van der Waals surface area contributed by atoms with Gasteiger partial charge >= 0.3 is 0 Å². The summed E-state index contributed by atoms with van der Waals surface area (Å²) in [6, 6.07) is 9.65. The van der Waals surface area contributed by atoms with Crippen LogP contribution in [0.1, 0.15) is 18.9 Å². The highest BCUT2D eigenvalue weighted by Crippen LogP contribution is 2.23. The van der Waals surface area contributed by atoms with Crippen LogP contribution in [-0.2, 0) is 16.0 Å². The van der Waals surface area contributed by atoms with Crippen LogP contribution in [0.25, 0.3) is 0 Å². The van der Waals surface area contributed by atoms with Gasteiger partial charge in [-0.25, -0.2) is 4.68 Å². The predicted molar refractivity (Wildman–Crippen MR) is 92.5 cm³/mol. The molecule has 0 spiro atoms. The van der Waals surface area contributed by atoms with E-state index in [2.05, 4.69) is 10.4 Å². The number of anilines is 1. The molecule has 1 N–H and O–H groups in total. The molecule has 24 heavy (non-hydrogen) atoms.